The van der Waals surface area contributed by atoms with Crippen LogP contribution in [0.2, 0.25) is 0 Å². The second kappa shape index (κ2) is 9.61. The molecule has 0 unspecified atom stereocenters. The third-order valence-corrected chi connectivity index (χ3v) is 14.5. The zero-order chi connectivity index (χ0) is 34.7. The molecule has 2 fully saturated rings. The lowest BCUT2D eigenvalue weighted by atomic mass is 9.40. The second-order valence-electron chi connectivity index (χ2n) is 17.8. The summed E-state index contributed by atoms with van der Waals surface area (Å²) in [6.07, 6.45) is 8.77. The van der Waals surface area contributed by atoms with Crippen molar-refractivity contribution in [3.05, 3.63) is 64.4 Å². The Balaban J connectivity index is 1.39. The van der Waals surface area contributed by atoms with Gasteiger partial charge < -0.3 is 24.8 Å². The number of ether oxygens (including phenoxy) is 1. The van der Waals surface area contributed by atoms with Gasteiger partial charge in [-0.2, -0.15) is 0 Å². The lowest BCUT2D eigenvalue weighted by molar-refractivity contribution is -0.145. The average molecular weight is 653 g/mol. The van der Waals surface area contributed by atoms with Crippen LogP contribution in [0.1, 0.15) is 126 Å². The number of aliphatic hydroxyl groups excluding tert-OH is 2. The number of carbonyl (C=O) groups excluding carboxylic acids is 2. The Labute approximate surface area is 284 Å². The van der Waals surface area contributed by atoms with Crippen molar-refractivity contribution in [1.29, 1.82) is 0 Å². The predicted molar refractivity (Wildman–Crippen MR) is 188 cm³/mol. The monoisotopic (exact) mass is 652 g/mol. The number of carbonyl (C=O) groups is 2. The molecule has 9 atom stereocenters. The molecule has 7 nitrogen and oxygen atoms in total. The van der Waals surface area contributed by atoms with Gasteiger partial charge in [0, 0.05) is 40.4 Å². The quantitative estimate of drug-likeness (QED) is 0.248. The molecule has 48 heavy (non-hydrogen) atoms. The van der Waals surface area contributed by atoms with Gasteiger partial charge in [0.2, 0.25) is 5.91 Å². The van der Waals surface area contributed by atoms with E-state index >= 15 is 0 Å². The second-order valence-corrected chi connectivity index (χ2v) is 17.8. The summed E-state index contributed by atoms with van der Waals surface area (Å²) in [5.41, 5.74) is 5.65. The van der Waals surface area contributed by atoms with Gasteiger partial charge in [0.25, 0.3) is 0 Å². The third kappa shape index (κ3) is 3.66. The fourth-order valence-corrected chi connectivity index (χ4v) is 12.4. The SMILES string of the molecule is C=C(C)[C@H]1C(=O)c2c3c(cc4c5c(n1c24)[C@@]1(C)[C@@H](CC[C@H]2[C@](C)(/C=C/C(=O)NC)[C@@H](O)CC[C@@]21C)C5)C1=CC(C)(C)OC(C)(C)[C@H]1[C@@H]3O. The van der Waals surface area contributed by atoms with Crippen molar-refractivity contribution in [1.82, 2.24) is 9.88 Å². The summed E-state index contributed by atoms with van der Waals surface area (Å²) in [4.78, 5) is 27.2. The molecule has 256 valence electrons. The summed E-state index contributed by atoms with van der Waals surface area (Å²) in [6.45, 7) is 21.6. The molecule has 1 aromatic heterocycles. The van der Waals surface area contributed by atoms with Gasteiger partial charge in [-0.15, -0.1) is 0 Å². The maximum absolute atomic E-state index is 14.8. The van der Waals surface area contributed by atoms with E-state index in [9.17, 15) is 19.8 Å². The van der Waals surface area contributed by atoms with Gasteiger partial charge >= 0.3 is 0 Å². The van der Waals surface area contributed by atoms with Crippen molar-refractivity contribution in [2.45, 2.75) is 122 Å². The van der Waals surface area contributed by atoms with Crippen molar-refractivity contribution in [3.8, 4) is 0 Å². The number of allylic oxidation sites excluding steroid dienone is 1. The normalized spacial score (nSPS) is 39.9. The van der Waals surface area contributed by atoms with Crippen LogP contribution in [0.15, 0.2) is 36.4 Å². The minimum absolute atomic E-state index is 0.0282. The highest BCUT2D eigenvalue weighted by Gasteiger charge is 2.67. The molecule has 0 radical (unpaired) electrons. The number of amides is 1. The van der Waals surface area contributed by atoms with E-state index in [1.807, 2.05) is 13.0 Å². The predicted octanol–water partition coefficient (Wildman–Crippen LogP) is 6.90. The molecule has 3 heterocycles. The van der Waals surface area contributed by atoms with Crippen molar-refractivity contribution >= 4 is 28.2 Å². The fourth-order valence-electron chi connectivity index (χ4n) is 12.4. The first-order valence-electron chi connectivity index (χ1n) is 18.0. The van der Waals surface area contributed by atoms with Crippen LogP contribution < -0.4 is 5.32 Å². The number of aromatic nitrogens is 1. The summed E-state index contributed by atoms with van der Waals surface area (Å²) in [5.74, 6) is 0.118. The Morgan fingerprint density at radius 2 is 1.81 bits per heavy atom. The van der Waals surface area contributed by atoms with E-state index in [2.05, 4.69) is 77.1 Å². The third-order valence-electron chi connectivity index (χ3n) is 14.5. The van der Waals surface area contributed by atoms with Gasteiger partial charge in [-0.3, -0.25) is 9.59 Å². The van der Waals surface area contributed by atoms with Gasteiger partial charge in [0.05, 0.1) is 34.5 Å². The first-order chi connectivity index (χ1) is 22.3. The fraction of sp³-hybridized carbons (Fsp3) is 0.610. The summed E-state index contributed by atoms with van der Waals surface area (Å²) in [7, 11) is 1.63. The van der Waals surface area contributed by atoms with Gasteiger partial charge in [0.1, 0.15) is 6.04 Å². The zero-order valence-corrected chi connectivity index (χ0v) is 30.1. The maximum atomic E-state index is 14.8. The van der Waals surface area contributed by atoms with Crippen LogP contribution in [-0.4, -0.2) is 50.8 Å². The molecule has 6 aliphatic rings. The zero-order valence-electron chi connectivity index (χ0n) is 30.1. The first-order valence-corrected chi connectivity index (χ1v) is 18.0. The Kier molecular flexibility index (Phi) is 6.45. The van der Waals surface area contributed by atoms with E-state index < -0.39 is 34.9 Å². The highest BCUT2D eigenvalue weighted by Crippen LogP contribution is 2.71. The van der Waals surface area contributed by atoms with E-state index in [0.29, 0.717) is 17.9 Å². The lowest BCUT2D eigenvalue weighted by Gasteiger charge is -2.64. The van der Waals surface area contributed by atoms with Crippen molar-refractivity contribution < 1.29 is 24.5 Å². The highest BCUT2D eigenvalue weighted by molar-refractivity contribution is 6.18. The number of Topliss-reactive ketones (excluding diaryl/α,β-unsaturated/α-hetero) is 1. The van der Waals surface area contributed by atoms with Gasteiger partial charge in [-0.05, 0) is 119 Å². The number of fused-ring (bicyclic) bond motifs is 11. The van der Waals surface area contributed by atoms with Crippen LogP contribution in [0, 0.1) is 28.6 Å². The Hall–Kier alpha value is -3.00. The largest absolute Gasteiger partial charge is 0.392 e. The van der Waals surface area contributed by atoms with Crippen LogP contribution in [-0.2, 0) is 21.4 Å². The Morgan fingerprint density at radius 3 is 2.48 bits per heavy atom. The number of nitrogens with zero attached hydrogens (tertiary/aromatic N) is 1. The smallest absolute Gasteiger partial charge is 0.243 e. The van der Waals surface area contributed by atoms with Crippen molar-refractivity contribution in [3.63, 3.8) is 0 Å². The van der Waals surface area contributed by atoms with Crippen LogP contribution in [0.3, 0.4) is 0 Å². The Morgan fingerprint density at radius 1 is 1.10 bits per heavy atom. The van der Waals surface area contributed by atoms with Gasteiger partial charge in [-0.25, -0.2) is 0 Å². The average Bonchev–Trinajstić information content (AvgIpc) is 3.66. The molecule has 8 rings (SSSR count). The number of aliphatic hydroxyl groups is 2. The number of ketones is 1. The van der Waals surface area contributed by atoms with Crippen LogP contribution in [0.5, 0.6) is 0 Å². The van der Waals surface area contributed by atoms with Gasteiger partial charge in [0.15, 0.2) is 5.78 Å². The molecule has 3 N–H and O–H groups in total. The van der Waals surface area contributed by atoms with E-state index in [1.54, 1.807) is 13.1 Å². The molecular formula is C41H52N2O5. The summed E-state index contributed by atoms with van der Waals surface area (Å²) in [6, 6.07) is 1.77. The molecule has 2 aliphatic heterocycles. The van der Waals surface area contributed by atoms with Crippen LogP contribution in [0.25, 0.3) is 16.5 Å². The molecule has 7 heteroatoms. The number of nitrogens with one attached hydrogen (secondary N) is 1. The highest BCUT2D eigenvalue weighted by atomic mass is 16.5. The van der Waals surface area contributed by atoms with E-state index in [-0.39, 0.29) is 34.4 Å². The van der Waals surface area contributed by atoms with E-state index in [0.717, 1.165) is 58.9 Å². The molecule has 2 aromatic rings. The van der Waals surface area contributed by atoms with Gasteiger partial charge in [-0.1, -0.05) is 39.0 Å². The number of hydrogen-bond acceptors (Lipinski definition) is 5. The topological polar surface area (TPSA) is 101 Å². The number of hydrogen-bond donors (Lipinski definition) is 3. The molecular weight excluding hydrogens is 600 g/mol. The van der Waals surface area contributed by atoms with Crippen LogP contribution >= 0.6 is 0 Å². The number of likely N-dealkylation sites (N-methyl/N-ethyl adjacent to an activating group) is 1. The first kappa shape index (κ1) is 32.2. The minimum atomic E-state index is -0.852. The number of rotatable bonds is 3. The molecule has 0 saturated heterocycles. The summed E-state index contributed by atoms with van der Waals surface area (Å²) in [5, 5.41) is 27.5. The summed E-state index contributed by atoms with van der Waals surface area (Å²) < 4.78 is 8.86. The molecule has 0 bridgehead atoms. The lowest BCUT2D eigenvalue weighted by Crippen LogP contribution is -2.62. The standard InChI is InChI=1S/C41H52N2O5/c1-20(2)32-35(47)30-29-22(25-19-37(3,4)48-38(5,6)31(25)34(29)46)18-23-24-17-21-11-12-26-39(7,15-14-28(45)42-10)27(44)13-16-40(26,8)41(21,9)36(24)43(32)33(23)30/h14-15,18-19,21,26-27,31-32,34,44,46H,1,11-13,16-17H2,2-10H3,(H,42,45)/b15-14+/t21-,26-,27-,31+,32-,34+,39-,40-,41+/m0/s1. The van der Waals surface area contributed by atoms with E-state index in [4.69, 9.17) is 4.74 Å². The minimum Gasteiger partial charge on any atom is -0.392 e. The molecule has 1 amide bonds. The van der Waals surface area contributed by atoms with Crippen LogP contribution in [0.4, 0.5) is 0 Å². The molecule has 4 aliphatic carbocycles. The Bertz CT molecular complexity index is 1910. The van der Waals surface area contributed by atoms with Crippen molar-refractivity contribution in [2.24, 2.45) is 28.6 Å². The van der Waals surface area contributed by atoms with E-state index in [1.165, 1.54) is 11.3 Å². The molecule has 2 saturated carbocycles. The number of benzene rings is 1. The maximum Gasteiger partial charge on any atom is 0.243 e. The molecule has 0 spiro atoms. The van der Waals surface area contributed by atoms with Crippen molar-refractivity contribution in [2.75, 3.05) is 7.05 Å². The summed E-state index contributed by atoms with van der Waals surface area (Å²) >= 11 is 0. The molecule has 1 aromatic carbocycles.